The van der Waals surface area contributed by atoms with Gasteiger partial charge >= 0.3 is 0 Å². The van der Waals surface area contributed by atoms with Crippen LogP contribution < -0.4 is 0 Å². The minimum absolute atomic E-state index is 0.580. The average Bonchev–Trinajstić information content (AvgIpc) is 1.55. The highest BCUT2D eigenvalue weighted by atomic mass is 16.3. The number of rotatable bonds is 16. The first-order valence-electron chi connectivity index (χ1n) is 49.2. The lowest BCUT2D eigenvalue weighted by molar-refractivity contribution is 0.668. The summed E-state index contributed by atoms with van der Waals surface area (Å²) < 4.78 is 19.4. The third kappa shape index (κ3) is 17.0. The Morgan fingerprint density at radius 2 is 0.333 bits per heavy atom. The van der Waals surface area contributed by atoms with Gasteiger partial charge in [0, 0.05) is 82.4 Å². The summed E-state index contributed by atoms with van der Waals surface area (Å²) in [6.45, 7) is 0. The van der Waals surface area contributed by atoms with Crippen molar-refractivity contribution in [2.24, 2.45) is 0 Å². The van der Waals surface area contributed by atoms with Crippen LogP contribution in [0, 0.1) is 0 Å². The molecule has 0 fully saturated rings. The zero-order chi connectivity index (χ0) is 97.5. The van der Waals surface area contributed by atoms with Crippen LogP contribution in [0.3, 0.4) is 0 Å². The van der Waals surface area contributed by atoms with Crippen molar-refractivity contribution in [1.82, 2.24) is 44.9 Å². The average molecular weight is 1880 g/mol. The van der Waals surface area contributed by atoms with Gasteiger partial charge in [-0.2, -0.15) is 0 Å². The molecular formula is C135H85N9O3. The van der Waals surface area contributed by atoms with Crippen molar-refractivity contribution in [2.45, 2.75) is 0 Å². The van der Waals surface area contributed by atoms with Crippen LogP contribution in [0.2, 0.25) is 0 Å². The Labute approximate surface area is 846 Å². The summed E-state index contributed by atoms with van der Waals surface area (Å²) >= 11 is 0. The predicted octanol–water partition coefficient (Wildman–Crippen LogP) is 35.4. The number of benzene rings is 22. The van der Waals surface area contributed by atoms with Crippen molar-refractivity contribution < 1.29 is 13.3 Å². The van der Waals surface area contributed by atoms with Crippen LogP contribution in [0.1, 0.15) is 0 Å². The molecule has 0 aliphatic rings. The van der Waals surface area contributed by atoms with Crippen molar-refractivity contribution in [2.75, 3.05) is 0 Å². The second-order valence-corrected chi connectivity index (χ2v) is 36.4. The van der Waals surface area contributed by atoms with E-state index in [9.17, 15) is 0 Å². The number of aromatic nitrogens is 9. The molecule has 28 rings (SSSR count). The Hall–Kier alpha value is -20.0. The molecule has 28 aromatic rings. The first-order valence-corrected chi connectivity index (χ1v) is 49.2. The molecule has 0 bridgehead atoms. The van der Waals surface area contributed by atoms with Gasteiger partial charge in [-0.1, -0.05) is 455 Å². The summed E-state index contributed by atoms with van der Waals surface area (Å²) in [6.07, 6.45) is 0. The highest BCUT2D eigenvalue weighted by molar-refractivity contribution is 6.16. The quantitative estimate of drug-likeness (QED) is 0.0904. The number of furan rings is 3. The Morgan fingerprint density at radius 3 is 0.707 bits per heavy atom. The Morgan fingerprint density at radius 1 is 0.109 bits per heavy atom. The van der Waals surface area contributed by atoms with E-state index in [-0.39, 0.29) is 0 Å². The van der Waals surface area contributed by atoms with E-state index in [0.29, 0.717) is 52.4 Å². The van der Waals surface area contributed by atoms with E-state index in [1.54, 1.807) is 0 Å². The molecule has 0 atom stereocenters. The summed E-state index contributed by atoms with van der Waals surface area (Å²) in [5, 5.41) is 13.4. The molecule has 0 N–H and O–H groups in total. The highest BCUT2D eigenvalue weighted by Crippen LogP contribution is 2.46. The SMILES string of the molecule is c1ccc(-c2ccccc2-c2nc(-c3ccc(-c4cccc5ccccc45)cc3)nc(-c3ccc4c(c3)oc3cccc(-c5ccccc5)c34)n2)cc1.c1ccc(-c2ccccc2-c2nc(-c3ccc4c(c3)oc3cccc(-c5ccccc5)c34)nc(-c3cccc4ccccc34)n2)cc1.c1ccc(-c2ccccc2-c2nc(-c3ccc4ccccc4c3)nc(-c3ccc4c(c3)oc3cccc(-c5ccccc5)c34)n2)cc1. The molecule has 0 saturated heterocycles. The van der Waals surface area contributed by atoms with Gasteiger partial charge < -0.3 is 13.3 Å². The Balaban J connectivity index is 0.000000112. The van der Waals surface area contributed by atoms with E-state index < -0.39 is 0 Å². The second kappa shape index (κ2) is 38.2. The molecule has 0 aliphatic heterocycles. The second-order valence-electron chi connectivity index (χ2n) is 36.4. The lowest BCUT2D eigenvalue weighted by Crippen LogP contribution is -2.01. The highest BCUT2D eigenvalue weighted by Gasteiger charge is 2.26. The number of nitrogens with zero attached hydrogens (tertiary/aromatic N) is 9. The van der Waals surface area contributed by atoms with Gasteiger partial charge in [0.25, 0.3) is 0 Å². The van der Waals surface area contributed by atoms with E-state index in [1.807, 2.05) is 91.0 Å². The normalized spacial score (nSPS) is 11.4. The minimum atomic E-state index is 0.580. The monoisotopic (exact) mass is 1880 g/mol. The molecule has 0 radical (unpaired) electrons. The summed E-state index contributed by atoms with van der Waals surface area (Å²) in [6, 6.07) is 178. The van der Waals surface area contributed by atoms with Gasteiger partial charge in [-0.3, -0.25) is 0 Å². The number of hydrogen-bond acceptors (Lipinski definition) is 12. The van der Waals surface area contributed by atoms with Crippen molar-refractivity contribution in [3.63, 3.8) is 0 Å². The Bertz CT molecular complexity index is 9850. The largest absolute Gasteiger partial charge is 0.456 e. The van der Waals surface area contributed by atoms with Crippen LogP contribution in [0.5, 0.6) is 0 Å². The van der Waals surface area contributed by atoms with Crippen LogP contribution >= 0.6 is 0 Å². The molecule has 12 nitrogen and oxygen atoms in total. The van der Waals surface area contributed by atoms with E-state index in [2.05, 4.69) is 425 Å². The summed E-state index contributed by atoms with van der Waals surface area (Å²) in [7, 11) is 0. The first-order chi connectivity index (χ1) is 72.8. The van der Waals surface area contributed by atoms with Gasteiger partial charge in [0.05, 0.1) is 0 Å². The molecule has 0 unspecified atom stereocenters. The van der Waals surface area contributed by atoms with Crippen molar-refractivity contribution in [3.05, 3.63) is 516 Å². The zero-order valence-corrected chi connectivity index (χ0v) is 79.3. The fraction of sp³-hybridized carbons (Fsp3) is 0. The topological polar surface area (TPSA) is 155 Å². The lowest BCUT2D eigenvalue weighted by atomic mass is 9.97. The lowest BCUT2D eigenvalue weighted by Gasteiger charge is -2.13. The smallest absolute Gasteiger partial charge is 0.164 e. The molecule has 0 aliphatic carbocycles. The molecule has 6 aromatic heterocycles. The molecule has 0 saturated carbocycles. The molecule has 12 heteroatoms. The van der Waals surface area contributed by atoms with Crippen LogP contribution in [-0.2, 0) is 0 Å². The van der Waals surface area contributed by atoms with Gasteiger partial charge in [0.2, 0.25) is 0 Å². The maximum atomic E-state index is 6.50. The number of hydrogen-bond donors (Lipinski definition) is 0. The zero-order valence-electron chi connectivity index (χ0n) is 79.3. The van der Waals surface area contributed by atoms with Crippen LogP contribution in [-0.4, -0.2) is 44.9 Å². The van der Waals surface area contributed by atoms with E-state index in [4.69, 9.17) is 58.1 Å². The van der Waals surface area contributed by atoms with Crippen molar-refractivity contribution >= 4 is 98.1 Å². The van der Waals surface area contributed by atoms with Gasteiger partial charge in [-0.25, -0.2) is 44.9 Å². The molecule has 688 valence electrons. The molecule has 6 heterocycles. The summed E-state index contributed by atoms with van der Waals surface area (Å²) in [5.41, 5.74) is 28.9. The van der Waals surface area contributed by atoms with E-state index >= 15 is 0 Å². The maximum Gasteiger partial charge on any atom is 0.164 e. The van der Waals surface area contributed by atoms with Gasteiger partial charge in [0.1, 0.15) is 33.5 Å². The van der Waals surface area contributed by atoms with Gasteiger partial charge in [-0.15, -0.1) is 0 Å². The Kier molecular flexibility index (Phi) is 22.7. The van der Waals surface area contributed by atoms with Gasteiger partial charge in [-0.05, 0) is 171 Å². The minimum Gasteiger partial charge on any atom is -0.456 e. The molecule has 22 aromatic carbocycles. The fourth-order valence-corrected chi connectivity index (χ4v) is 20.4. The van der Waals surface area contributed by atoms with Crippen LogP contribution in [0.15, 0.2) is 529 Å². The number of fused-ring (bicyclic) bond motifs is 12. The summed E-state index contributed by atoms with van der Waals surface area (Å²) in [5.74, 6) is 5.46. The van der Waals surface area contributed by atoms with Crippen LogP contribution in [0.4, 0.5) is 0 Å². The fourth-order valence-electron chi connectivity index (χ4n) is 20.4. The first kappa shape index (κ1) is 87.3. The molecule has 0 amide bonds. The maximum absolute atomic E-state index is 6.50. The van der Waals surface area contributed by atoms with Gasteiger partial charge in [0.15, 0.2) is 52.4 Å². The van der Waals surface area contributed by atoms with Crippen LogP contribution in [0.25, 0.3) is 279 Å². The van der Waals surface area contributed by atoms with E-state index in [1.165, 1.54) is 21.7 Å². The summed E-state index contributed by atoms with van der Waals surface area (Å²) in [4.78, 5) is 46.0. The van der Waals surface area contributed by atoms with E-state index in [0.717, 1.165) is 204 Å². The molecule has 147 heavy (non-hydrogen) atoms. The predicted molar refractivity (Wildman–Crippen MR) is 601 cm³/mol. The standard InChI is InChI=1S/C49H31N3O.2C43H27N3O/c1-3-13-32(14-4-1)40-20-9-10-21-42(40)49-51-47(36-27-25-35(26-28-36)39-22-11-18-33-17-7-8-19-38(33)39)50-48(52-49)37-29-30-43-45(31-37)53-44-24-12-23-41(46(43)44)34-15-5-2-6-16-34;1-3-13-28(14-4-1)32-20-9-10-21-35(32)42-44-41(45-43(46-42)36-23-11-18-29-17-7-8-19-33(29)36)31-25-26-37-39(27-31)47-38-24-12-22-34(40(37)38)30-15-5-2-6-16-30;1-3-13-29(14-4-1)34-18-9-10-19-36(34)43-45-41(32-23-22-28-12-7-8-17-31(28)26-32)44-42(46-43)33-24-25-37-39(27-33)47-38-21-11-20-35(40(37)38)30-15-5-2-6-16-30/h1-31H;2*1-27H. The molecular weight excluding hydrogens is 1800 g/mol. The third-order valence-electron chi connectivity index (χ3n) is 27.5. The van der Waals surface area contributed by atoms with Crippen molar-refractivity contribution in [3.8, 4) is 180 Å². The van der Waals surface area contributed by atoms with Crippen molar-refractivity contribution in [1.29, 1.82) is 0 Å². The third-order valence-corrected chi connectivity index (χ3v) is 27.5. The molecule has 0 spiro atoms.